The summed E-state index contributed by atoms with van der Waals surface area (Å²) in [7, 11) is -6.23. The summed E-state index contributed by atoms with van der Waals surface area (Å²) in [6.45, 7) is 12.9. The molecule has 0 bridgehead atoms. The van der Waals surface area contributed by atoms with Gasteiger partial charge in [-0.05, 0) is 0 Å². The summed E-state index contributed by atoms with van der Waals surface area (Å²) < 4.78 is 0. The molecule has 8 aromatic carbocycles. The number of hydrogen-bond acceptors (Lipinski definition) is 3. The van der Waals surface area contributed by atoms with Crippen molar-refractivity contribution in [2.75, 3.05) is 0 Å². The van der Waals surface area contributed by atoms with Gasteiger partial charge in [-0.15, -0.1) is 0 Å². The van der Waals surface area contributed by atoms with Crippen molar-refractivity contribution in [2.24, 2.45) is 0 Å². The van der Waals surface area contributed by atoms with E-state index in [2.05, 4.69) is 163 Å². The fourth-order valence-electron chi connectivity index (χ4n) is 9.84. The number of rotatable bonds is 14. The van der Waals surface area contributed by atoms with Gasteiger partial charge in [0.25, 0.3) is 0 Å². The second-order valence-corrected chi connectivity index (χ2v) is 20.7. The molecule has 0 aromatic heterocycles. The van der Waals surface area contributed by atoms with Crippen LogP contribution in [0.3, 0.4) is 0 Å². The molecule has 0 spiro atoms. The second-order valence-electron chi connectivity index (χ2n) is 17.9. The molecule has 0 heterocycles. The molecule has 6 unspecified atom stereocenters. The molecular formula is C60H61O3P. The fourth-order valence-corrected chi connectivity index (χ4v) is 13.0. The summed E-state index contributed by atoms with van der Waals surface area (Å²) in [5.74, 6) is -1.34. The molecule has 3 nitrogen and oxygen atoms in total. The van der Waals surface area contributed by atoms with E-state index in [-0.39, 0.29) is 46.1 Å². The van der Waals surface area contributed by atoms with E-state index < -0.39 is 7.28 Å². The molecule has 4 heteroatoms. The van der Waals surface area contributed by atoms with Crippen LogP contribution in [0, 0.1) is 0 Å². The molecule has 0 aliphatic heterocycles. The summed E-state index contributed by atoms with van der Waals surface area (Å²) in [6, 6.07) is 70.4. The van der Waals surface area contributed by atoms with Crippen LogP contribution in [0.15, 0.2) is 206 Å². The minimum atomic E-state index is -6.23. The Morgan fingerprint density at radius 3 is 0.609 bits per heavy atom. The molecule has 6 atom stereocenters. The maximum absolute atomic E-state index is 14.2. The van der Waals surface area contributed by atoms with Gasteiger partial charge in [0.15, 0.2) is 0 Å². The standard InChI is InChI=1S/C60H61O3P/c1-41(47-25-13-7-14-26-47)53-37-55(43(3)49-29-17-9-18-30-49)59(56(38-53)44(4)50-31-19-10-20-32-50)64(61,62,63)60-57(45(5)51-33-21-11-22-34-51)39-54(42(2)48-27-15-8-16-28-48)40-58(60)46(6)52-35-23-12-24-36-52/h7-46,61-63H,1-6H3. The van der Waals surface area contributed by atoms with Crippen molar-refractivity contribution < 1.29 is 14.7 Å². The first kappa shape index (κ1) is 44.7. The minimum absolute atomic E-state index is 0.0260. The molecule has 8 rings (SSSR count). The molecule has 8 aromatic rings. The van der Waals surface area contributed by atoms with Crippen LogP contribution in [0.25, 0.3) is 0 Å². The summed E-state index contributed by atoms with van der Waals surface area (Å²) in [5.41, 5.74) is 11.3. The Balaban J connectivity index is 1.52. The molecule has 0 saturated heterocycles. The Morgan fingerprint density at radius 1 is 0.250 bits per heavy atom. The van der Waals surface area contributed by atoms with E-state index in [0.717, 1.165) is 44.5 Å². The van der Waals surface area contributed by atoms with Crippen LogP contribution in [0.2, 0.25) is 0 Å². The van der Waals surface area contributed by atoms with Crippen molar-refractivity contribution in [2.45, 2.75) is 77.0 Å². The maximum atomic E-state index is 14.2. The Kier molecular flexibility index (Phi) is 13.0. The van der Waals surface area contributed by atoms with Gasteiger partial charge in [0.2, 0.25) is 0 Å². The van der Waals surface area contributed by atoms with E-state index in [4.69, 9.17) is 0 Å². The third kappa shape index (κ3) is 8.92. The van der Waals surface area contributed by atoms with Gasteiger partial charge in [-0.1, -0.05) is 0 Å². The van der Waals surface area contributed by atoms with Crippen LogP contribution in [0.5, 0.6) is 0 Å². The van der Waals surface area contributed by atoms with Crippen LogP contribution in [-0.2, 0) is 0 Å². The first-order valence-corrected chi connectivity index (χ1v) is 24.8. The zero-order chi connectivity index (χ0) is 45.0. The Labute approximate surface area is 381 Å². The number of hydrogen-bond donors (Lipinski definition) is 3. The first-order valence-electron chi connectivity index (χ1n) is 22.7. The van der Waals surface area contributed by atoms with Crippen molar-refractivity contribution in [1.29, 1.82) is 0 Å². The first-order chi connectivity index (χ1) is 30.8. The van der Waals surface area contributed by atoms with Gasteiger partial charge in [0.1, 0.15) is 0 Å². The van der Waals surface area contributed by atoms with E-state index in [9.17, 15) is 14.7 Å². The summed E-state index contributed by atoms with van der Waals surface area (Å²) >= 11 is 0. The quantitative estimate of drug-likeness (QED) is 0.0955. The molecule has 3 N–H and O–H groups in total. The zero-order valence-corrected chi connectivity index (χ0v) is 38.8. The molecular weight excluding hydrogens is 800 g/mol. The molecule has 0 aliphatic carbocycles. The summed E-state index contributed by atoms with van der Waals surface area (Å²) in [4.78, 5) is 42.5. The molecule has 0 aliphatic rings. The summed E-state index contributed by atoms with van der Waals surface area (Å²) in [5, 5.41) is 0.434. The monoisotopic (exact) mass is 860 g/mol. The van der Waals surface area contributed by atoms with Crippen LogP contribution in [0.1, 0.15) is 144 Å². The van der Waals surface area contributed by atoms with Gasteiger partial charge in [-0.3, -0.25) is 0 Å². The topological polar surface area (TPSA) is 60.7 Å². The van der Waals surface area contributed by atoms with Crippen molar-refractivity contribution >= 4 is 17.9 Å². The Bertz CT molecular complexity index is 2460. The van der Waals surface area contributed by atoms with E-state index in [1.165, 1.54) is 0 Å². The SMILES string of the molecule is CC(c1ccccc1)c1cc(C(C)c2ccccc2)c(P(O)(O)(O)c2c(C(C)c3ccccc3)cc(C(C)c3ccccc3)cc2C(C)c2ccccc2)c(C(C)c2ccccc2)c1. The van der Waals surface area contributed by atoms with Gasteiger partial charge in [-0.25, -0.2) is 0 Å². The predicted molar refractivity (Wildman–Crippen MR) is 269 cm³/mol. The van der Waals surface area contributed by atoms with Gasteiger partial charge in [0.05, 0.1) is 0 Å². The van der Waals surface area contributed by atoms with Crippen LogP contribution in [0.4, 0.5) is 0 Å². The van der Waals surface area contributed by atoms with Gasteiger partial charge in [-0.2, -0.15) is 0 Å². The average Bonchev–Trinajstić information content (AvgIpc) is 3.35. The third-order valence-electron chi connectivity index (χ3n) is 13.9. The molecule has 0 amide bonds. The third-order valence-corrected chi connectivity index (χ3v) is 16.5. The Hall–Kier alpha value is -5.93. The van der Waals surface area contributed by atoms with Crippen molar-refractivity contribution in [1.82, 2.24) is 0 Å². The zero-order valence-electron chi connectivity index (χ0n) is 37.9. The van der Waals surface area contributed by atoms with E-state index in [1.54, 1.807) is 0 Å². The average molecular weight is 861 g/mol. The van der Waals surface area contributed by atoms with Crippen molar-refractivity contribution in [3.8, 4) is 0 Å². The van der Waals surface area contributed by atoms with Crippen LogP contribution < -0.4 is 10.6 Å². The van der Waals surface area contributed by atoms with Gasteiger partial charge >= 0.3 is 383 Å². The molecule has 0 fully saturated rings. The Morgan fingerprint density at radius 2 is 0.422 bits per heavy atom. The normalized spacial score (nSPS) is 15.2. The number of benzene rings is 8. The molecule has 324 valence electrons. The van der Waals surface area contributed by atoms with Crippen LogP contribution >= 0.6 is 7.28 Å². The van der Waals surface area contributed by atoms with E-state index in [0.29, 0.717) is 22.3 Å². The molecule has 0 radical (unpaired) electrons. The van der Waals surface area contributed by atoms with Crippen molar-refractivity contribution in [3.05, 3.63) is 273 Å². The molecule has 64 heavy (non-hydrogen) atoms. The fraction of sp³-hybridized carbons (Fsp3) is 0.200. The van der Waals surface area contributed by atoms with E-state index in [1.807, 2.05) is 84.9 Å². The molecule has 0 saturated carbocycles. The summed E-state index contributed by atoms with van der Waals surface area (Å²) in [6.07, 6.45) is 0. The van der Waals surface area contributed by atoms with Gasteiger partial charge < -0.3 is 0 Å². The van der Waals surface area contributed by atoms with Gasteiger partial charge in [0, 0.05) is 0 Å². The van der Waals surface area contributed by atoms with E-state index >= 15 is 0 Å². The second kappa shape index (κ2) is 18.7. The van der Waals surface area contributed by atoms with Crippen LogP contribution in [-0.4, -0.2) is 14.7 Å². The predicted octanol–water partition coefficient (Wildman–Crippen LogP) is 13.8. The van der Waals surface area contributed by atoms with Crippen molar-refractivity contribution in [3.63, 3.8) is 0 Å².